The lowest BCUT2D eigenvalue weighted by Crippen LogP contribution is -2.37. The van der Waals surface area contributed by atoms with Crippen molar-refractivity contribution < 1.29 is 0 Å². The maximum absolute atomic E-state index is 7.79. The van der Waals surface area contributed by atoms with Gasteiger partial charge in [-0.05, 0) is 6.42 Å². The Kier molecular flexibility index (Phi) is 5.09. The first-order valence-electron chi connectivity index (χ1n) is 7.20. The second kappa shape index (κ2) is 7.02. The Bertz CT molecular complexity index is 390. The molecule has 0 aromatic carbocycles. The van der Waals surface area contributed by atoms with Crippen LogP contribution in [-0.2, 0) is 0 Å². The highest BCUT2D eigenvalue weighted by Crippen LogP contribution is 2.09. The molecule has 2 rings (SSSR count). The lowest BCUT2D eigenvalue weighted by atomic mass is 10.4. The van der Waals surface area contributed by atoms with Crippen molar-refractivity contribution in [2.45, 2.75) is 12.8 Å². The summed E-state index contributed by atoms with van der Waals surface area (Å²) >= 11 is 0. The van der Waals surface area contributed by atoms with Gasteiger partial charge in [0.15, 0.2) is 5.96 Å². The van der Waals surface area contributed by atoms with Gasteiger partial charge in [0, 0.05) is 45.7 Å². The van der Waals surface area contributed by atoms with Crippen LogP contribution >= 0.6 is 0 Å². The fourth-order valence-corrected chi connectivity index (χ4v) is 2.50. The molecule has 0 aromatic rings. The fourth-order valence-electron chi connectivity index (χ4n) is 2.50. The minimum atomic E-state index is 0.503. The molecule has 20 heavy (non-hydrogen) atoms. The quantitative estimate of drug-likeness (QED) is 0.496. The number of hydrogen-bond donors (Lipinski definition) is 4. The Morgan fingerprint density at radius 2 is 2.25 bits per heavy atom. The molecule has 2 aliphatic heterocycles. The summed E-state index contributed by atoms with van der Waals surface area (Å²) in [4.78, 5) is 8.94. The van der Waals surface area contributed by atoms with Crippen LogP contribution in [0.2, 0.25) is 0 Å². The minimum absolute atomic E-state index is 0.503. The van der Waals surface area contributed by atoms with Crippen molar-refractivity contribution in [2.75, 3.05) is 45.8 Å². The Hall–Kier alpha value is -1.92. The van der Waals surface area contributed by atoms with E-state index >= 15 is 0 Å². The van der Waals surface area contributed by atoms with Crippen LogP contribution in [0.1, 0.15) is 12.8 Å². The second-order valence-corrected chi connectivity index (χ2v) is 5.11. The molecule has 0 unspecified atom stereocenters. The van der Waals surface area contributed by atoms with Crippen LogP contribution < -0.4 is 16.4 Å². The van der Waals surface area contributed by atoms with Crippen LogP contribution in [0, 0.1) is 5.41 Å². The topological polar surface area (TPSA) is 92.8 Å². The molecular formula is C13H25N7. The Labute approximate surface area is 120 Å². The van der Waals surface area contributed by atoms with E-state index in [9.17, 15) is 0 Å². The SMILES string of the molecule is C=C(N)NCCN1CCN/C1=N\CCN1CCCC1=N. The summed E-state index contributed by atoms with van der Waals surface area (Å²) in [6.07, 6.45) is 2.02. The van der Waals surface area contributed by atoms with E-state index in [1.165, 1.54) is 0 Å². The van der Waals surface area contributed by atoms with Crippen molar-refractivity contribution >= 4 is 11.8 Å². The summed E-state index contributed by atoms with van der Waals surface area (Å²) in [5.74, 6) is 2.22. The molecule has 0 aromatic heterocycles. The van der Waals surface area contributed by atoms with Gasteiger partial charge in [-0.25, -0.2) is 0 Å². The minimum Gasteiger partial charge on any atom is -0.386 e. The molecular weight excluding hydrogens is 254 g/mol. The average Bonchev–Trinajstić information content (AvgIpc) is 3.00. The lowest BCUT2D eigenvalue weighted by Gasteiger charge is -2.19. The van der Waals surface area contributed by atoms with E-state index in [2.05, 4.69) is 32.0 Å². The fraction of sp³-hybridized carbons (Fsp3) is 0.692. The summed E-state index contributed by atoms with van der Waals surface area (Å²) in [5, 5.41) is 14.1. The standard InChI is InChI=1S/C13H25N7/c1-11(14)16-4-9-20-10-6-18-13(20)17-5-8-19-7-2-3-12(19)15/h15-16H,1-10,14H2,(H,17,18). The zero-order chi connectivity index (χ0) is 14.4. The molecule has 0 radical (unpaired) electrons. The second-order valence-electron chi connectivity index (χ2n) is 5.11. The Morgan fingerprint density at radius 3 is 2.95 bits per heavy atom. The highest BCUT2D eigenvalue weighted by atomic mass is 15.4. The maximum atomic E-state index is 7.79. The van der Waals surface area contributed by atoms with Gasteiger partial charge in [0.25, 0.3) is 0 Å². The number of nitrogens with zero attached hydrogens (tertiary/aromatic N) is 3. The molecule has 112 valence electrons. The largest absolute Gasteiger partial charge is 0.386 e. The van der Waals surface area contributed by atoms with Gasteiger partial charge < -0.3 is 26.2 Å². The molecule has 2 fully saturated rings. The molecule has 2 saturated heterocycles. The third-order valence-corrected chi connectivity index (χ3v) is 3.55. The summed E-state index contributed by atoms with van der Waals surface area (Å²) < 4.78 is 0. The van der Waals surface area contributed by atoms with Gasteiger partial charge in [0.2, 0.25) is 0 Å². The third kappa shape index (κ3) is 4.04. The number of nitrogens with two attached hydrogens (primary N) is 1. The molecule has 0 bridgehead atoms. The molecule has 0 aliphatic carbocycles. The summed E-state index contributed by atoms with van der Waals surface area (Å²) in [7, 11) is 0. The van der Waals surface area contributed by atoms with E-state index in [1.807, 2.05) is 0 Å². The molecule has 0 spiro atoms. The number of aliphatic imine (C=N–C) groups is 1. The van der Waals surface area contributed by atoms with Crippen LogP contribution in [0.25, 0.3) is 0 Å². The number of amidine groups is 1. The highest BCUT2D eigenvalue weighted by Gasteiger charge is 2.18. The van der Waals surface area contributed by atoms with Crippen molar-refractivity contribution in [1.29, 1.82) is 5.41 Å². The van der Waals surface area contributed by atoms with Crippen molar-refractivity contribution in [3.8, 4) is 0 Å². The molecule has 0 amide bonds. The summed E-state index contributed by atoms with van der Waals surface area (Å²) in [6, 6.07) is 0. The van der Waals surface area contributed by atoms with Gasteiger partial charge in [-0.3, -0.25) is 10.4 Å². The first-order chi connectivity index (χ1) is 9.66. The summed E-state index contributed by atoms with van der Waals surface area (Å²) in [6.45, 7) is 9.73. The molecule has 7 nitrogen and oxygen atoms in total. The monoisotopic (exact) mass is 279 g/mol. The predicted molar refractivity (Wildman–Crippen MR) is 81.7 cm³/mol. The van der Waals surface area contributed by atoms with E-state index in [4.69, 9.17) is 11.1 Å². The van der Waals surface area contributed by atoms with E-state index in [0.29, 0.717) is 5.82 Å². The van der Waals surface area contributed by atoms with Crippen LogP contribution in [0.15, 0.2) is 17.4 Å². The molecule has 7 heteroatoms. The highest BCUT2D eigenvalue weighted by molar-refractivity contribution is 5.82. The first-order valence-corrected chi connectivity index (χ1v) is 7.20. The number of guanidine groups is 1. The molecule has 2 aliphatic rings. The molecule has 2 heterocycles. The molecule has 0 saturated carbocycles. The third-order valence-electron chi connectivity index (χ3n) is 3.55. The summed E-state index contributed by atoms with van der Waals surface area (Å²) in [5.41, 5.74) is 5.48. The predicted octanol–water partition coefficient (Wildman–Crippen LogP) is -0.660. The van der Waals surface area contributed by atoms with E-state index in [0.717, 1.165) is 70.5 Å². The van der Waals surface area contributed by atoms with Gasteiger partial charge in [-0.1, -0.05) is 6.58 Å². The van der Waals surface area contributed by atoms with E-state index in [-0.39, 0.29) is 0 Å². The zero-order valence-electron chi connectivity index (χ0n) is 12.0. The Balaban J connectivity index is 1.73. The van der Waals surface area contributed by atoms with Gasteiger partial charge >= 0.3 is 0 Å². The smallest absolute Gasteiger partial charge is 0.194 e. The van der Waals surface area contributed by atoms with Gasteiger partial charge in [-0.2, -0.15) is 0 Å². The van der Waals surface area contributed by atoms with Gasteiger partial charge in [0.1, 0.15) is 0 Å². The van der Waals surface area contributed by atoms with Crippen LogP contribution in [0.4, 0.5) is 0 Å². The normalized spacial score (nSPS) is 20.6. The first kappa shape index (κ1) is 14.5. The number of nitrogens with one attached hydrogen (secondary N) is 3. The number of hydrogen-bond acceptors (Lipinski definition) is 4. The van der Waals surface area contributed by atoms with Crippen molar-refractivity contribution in [2.24, 2.45) is 10.7 Å². The Morgan fingerprint density at radius 1 is 1.40 bits per heavy atom. The van der Waals surface area contributed by atoms with Crippen LogP contribution in [-0.4, -0.2) is 67.4 Å². The average molecular weight is 279 g/mol. The van der Waals surface area contributed by atoms with Gasteiger partial charge in [0.05, 0.1) is 18.2 Å². The molecule has 5 N–H and O–H groups in total. The number of rotatable bonds is 7. The van der Waals surface area contributed by atoms with Crippen molar-refractivity contribution in [3.05, 3.63) is 12.4 Å². The maximum Gasteiger partial charge on any atom is 0.194 e. The van der Waals surface area contributed by atoms with E-state index in [1.54, 1.807) is 0 Å². The number of likely N-dealkylation sites (tertiary alicyclic amines) is 1. The van der Waals surface area contributed by atoms with Crippen LogP contribution in [0.3, 0.4) is 0 Å². The zero-order valence-corrected chi connectivity index (χ0v) is 12.0. The molecule has 0 atom stereocenters. The van der Waals surface area contributed by atoms with Crippen molar-refractivity contribution in [1.82, 2.24) is 20.4 Å². The lowest BCUT2D eigenvalue weighted by molar-refractivity contribution is 0.445. The van der Waals surface area contributed by atoms with Crippen molar-refractivity contribution in [3.63, 3.8) is 0 Å². The van der Waals surface area contributed by atoms with Gasteiger partial charge in [-0.15, -0.1) is 0 Å². The van der Waals surface area contributed by atoms with Crippen LogP contribution in [0.5, 0.6) is 0 Å². The van der Waals surface area contributed by atoms with E-state index < -0.39 is 0 Å².